The fourth-order valence-corrected chi connectivity index (χ4v) is 3.35. The van der Waals surface area contributed by atoms with Crippen LogP contribution < -0.4 is 20.7 Å². The van der Waals surface area contributed by atoms with Gasteiger partial charge in [-0.05, 0) is 25.1 Å². The number of anilines is 4. The third kappa shape index (κ3) is 6.32. The number of carbonyl (C=O) groups is 1. The summed E-state index contributed by atoms with van der Waals surface area (Å²) < 4.78 is 65.6. The average molecular weight is 511 g/mol. The van der Waals surface area contributed by atoms with Crippen molar-refractivity contribution < 1.29 is 26.4 Å². The molecule has 0 aliphatic rings. The van der Waals surface area contributed by atoms with Gasteiger partial charge < -0.3 is 16.4 Å². The number of nitrogens with zero attached hydrogens (tertiary/aromatic N) is 5. The van der Waals surface area contributed by atoms with Crippen LogP contribution in [0.15, 0.2) is 36.7 Å². The zero-order valence-electron chi connectivity index (χ0n) is 18.8. The first-order valence-corrected chi connectivity index (χ1v) is 11.7. The summed E-state index contributed by atoms with van der Waals surface area (Å²) >= 11 is 0. The lowest BCUT2D eigenvalue weighted by atomic mass is 10.2. The molecule has 186 valence electrons. The molecule has 0 saturated carbocycles. The smallest absolute Gasteiger partial charge is 0.366 e. The molecule has 1 amide bonds. The van der Waals surface area contributed by atoms with Crippen LogP contribution in [0.1, 0.15) is 27.3 Å². The van der Waals surface area contributed by atoms with Crippen molar-refractivity contribution in [3.63, 3.8) is 0 Å². The van der Waals surface area contributed by atoms with Crippen molar-refractivity contribution in [3.8, 4) is 0 Å². The van der Waals surface area contributed by atoms with Crippen molar-refractivity contribution in [2.45, 2.75) is 19.6 Å². The van der Waals surface area contributed by atoms with Crippen LogP contribution in [0.3, 0.4) is 0 Å². The van der Waals surface area contributed by atoms with Crippen LogP contribution in [-0.4, -0.2) is 47.6 Å². The van der Waals surface area contributed by atoms with Gasteiger partial charge in [-0.2, -0.15) is 18.2 Å². The van der Waals surface area contributed by atoms with Gasteiger partial charge in [0, 0.05) is 42.8 Å². The number of alkyl halides is 3. The summed E-state index contributed by atoms with van der Waals surface area (Å²) in [6.07, 6.45) is -1.89. The van der Waals surface area contributed by atoms with Gasteiger partial charge in [-0.3, -0.25) is 9.10 Å². The van der Waals surface area contributed by atoms with Crippen molar-refractivity contribution >= 4 is 39.2 Å². The highest BCUT2D eigenvalue weighted by Crippen LogP contribution is 2.34. The van der Waals surface area contributed by atoms with Gasteiger partial charge in [-0.1, -0.05) is 6.07 Å². The third-order valence-corrected chi connectivity index (χ3v) is 5.87. The van der Waals surface area contributed by atoms with E-state index in [0.29, 0.717) is 11.9 Å². The van der Waals surface area contributed by atoms with Gasteiger partial charge in [0.1, 0.15) is 17.2 Å². The van der Waals surface area contributed by atoms with E-state index < -0.39 is 33.5 Å². The van der Waals surface area contributed by atoms with E-state index in [0.717, 1.165) is 10.6 Å². The van der Waals surface area contributed by atoms with Crippen molar-refractivity contribution in [3.05, 3.63) is 59.2 Å². The van der Waals surface area contributed by atoms with Gasteiger partial charge in [0.2, 0.25) is 21.9 Å². The largest absolute Gasteiger partial charge is 0.421 e. The number of sulfonamides is 1. The second-order valence-corrected chi connectivity index (χ2v) is 9.39. The summed E-state index contributed by atoms with van der Waals surface area (Å²) in [7, 11) is -2.42. The van der Waals surface area contributed by atoms with Gasteiger partial charge in [0.15, 0.2) is 5.82 Å². The van der Waals surface area contributed by atoms with Crippen LogP contribution in [0.5, 0.6) is 0 Å². The molecule has 2 aromatic heterocycles. The Labute approximate surface area is 198 Å². The lowest BCUT2D eigenvalue weighted by molar-refractivity contribution is -0.137. The number of nitrogens with one attached hydrogen (secondary N) is 2. The number of carbonyl (C=O) groups excluding carboxylic acids is 1. The Kier molecular flexibility index (Phi) is 7.09. The molecule has 0 spiro atoms. The first-order chi connectivity index (χ1) is 16.3. The molecular formula is C20H21F3N8O3S. The summed E-state index contributed by atoms with van der Waals surface area (Å²) in [5.41, 5.74) is 4.84. The van der Waals surface area contributed by atoms with Crippen LogP contribution in [0.2, 0.25) is 0 Å². The van der Waals surface area contributed by atoms with Gasteiger partial charge in [0.25, 0.3) is 0 Å². The number of rotatable bonds is 8. The number of aryl methyl sites for hydroxylation is 1. The molecular weight excluding hydrogens is 489 g/mol. The molecule has 0 aliphatic heterocycles. The predicted molar refractivity (Wildman–Crippen MR) is 123 cm³/mol. The normalized spacial score (nSPS) is 11.7. The monoisotopic (exact) mass is 510 g/mol. The standard InChI is InChI=1S/C20H21F3N8O3S/c1-11-25-8-13(18(28-11)31(2)35(3,33)34)9-26-17-15(20(21,22)23)10-27-19(30-17)29-14-6-4-5-12(7-14)16(24)32/h4-8,10H,9H2,1-3H3,(H2,24,32)(H2,26,27,29,30). The summed E-state index contributed by atoms with van der Waals surface area (Å²) in [6, 6.07) is 5.96. The van der Waals surface area contributed by atoms with E-state index in [1.54, 1.807) is 13.0 Å². The van der Waals surface area contributed by atoms with Gasteiger partial charge in [-0.15, -0.1) is 0 Å². The molecule has 35 heavy (non-hydrogen) atoms. The second kappa shape index (κ2) is 9.69. The lowest BCUT2D eigenvalue weighted by Gasteiger charge is -2.20. The first-order valence-electron chi connectivity index (χ1n) is 9.87. The van der Waals surface area contributed by atoms with Crippen LogP contribution in [0.4, 0.5) is 36.4 Å². The Morgan fingerprint density at radius 3 is 2.51 bits per heavy atom. The Balaban J connectivity index is 1.94. The van der Waals surface area contributed by atoms with Crippen LogP contribution >= 0.6 is 0 Å². The lowest BCUT2D eigenvalue weighted by Crippen LogP contribution is -2.28. The van der Waals surface area contributed by atoms with Gasteiger partial charge >= 0.3 is 6.18 Å². The van der Waals surface area contributed by atoms with E-state index in [1.165, 1.54) is 31.4 Å². The van der Waals surface area contributed by atoms with Crippen LogP contribution in [0.25, 0.3) is 0 Å². The molecule has 0 aliphatic carbocycles. The molecule has 0 saturated heterocycles. The van der Waals surface area contributed by atoms with Crippen molar-refractivity contribution in [2.24, 2.45) is 5.73 Å². The second-order valence-electron chi connectivity index (χ2n) is 7.37. The first kappa shape index (κ1) is 25.6. The van der Waals surface area contributed by atoms with E-state index >= 15 is 0 Å². The van der Waals surface area contributed by atoms with Gasteiger partial charge in [-0.25, -0.2) is 23.4 Å². The summed E-state index contributed by atoms with van der Waals surface area (Å²) in [5.74, 6) is -1.14. The minimum absolute atomic E-state index is 0.0109. The number of amides is 1. The van der Waals surface area contributed by atoms with E-state index in [2.05, 4.69) is 30.6 Å². The van der Waals surface area contributed by atoms with Crippen LogP contribution in [0, 0.1) is 6.92 Å². The summed E-state index contributed by atoms with van der Waals surface area (Å²) in [6.45, 7) is 1.28. The molecule has 11 nitrogen and oxygen atoms in total. The highest BCUT2D eigenvalue weighted by molar-refractivity contribution is 7.92. The maximum Gasteiger partial charge on any atom is 0.421 e. The fourth-order valence-electron chi connectivity index (χ4n) is 2.88. The average Bonchev–Trinajstić information content (AvgIpc) is 2.76. The highest BCUT2D eigenvalue weighted by atomic mass is 32.2. The van der Waals surface area contributed by atoms with E-state index in [9.17, 15) is 26.4 Å². The maximum atomic E-state index is 13.6. The zero-order valence-corrected chi connectivity index (χ0v) is 19.6. The minimum atomic E-state index is -4.77. The number of hydrogen-bond donors (Lipinski definition) is 3. The van der Waals surface area contributed by atoms with Crippen molar-refractivity contribution in [2.75, 3.05) is 28.2 Å². The topological polar surface area (TPSA) is 156 Å². The number of nitrogens with two attached hydrogens (primary N) is 1. The number of benzene rings is 1. The molecule has 3 aromatic rings. The predicted octanol–water partition coefficient (Wildman–Crippen LogP) is 2.44. The number of halogens is 3. The van der Waals surface area contributed by atoms with Crippen molar-refractivity contribution in [1.29, 1.82) is 0 Å². The SMILES string of the molecule is Cc1ncc(CNc2nc(Nc3cccc(C(N)=O)c3)ncc2C(F)(F)F)c(N(C)S(C)(=O)=O)n1. The van der Waals surface area contributed by atoms with Crippen molar-refractivity contribution in [1.82, 2.24) is 19.9 Å². The Bertz CT molecular complexity index is 1370. The molecule has 0 atom stereocenters. The Morgan fingerprint density at radius 2 is 1.89 bits per heavy atom. The quantitative estimate of drug-likeness (QED) is 0.414. The molecule has 0 fully saturated rings. The molecule has 15 heteroatoms. The van der Waals surface area contributed by atoms with Gasteiger partial charge in [0.05, 0.1) is 6.26 Å². The molecule has 0 radical (unpaired) electrons. The molecule has 2 heterocycles. The zero-order chi connectivity index (χ0) is 26.0. The number of aromatic nitrogens is 4. The minimum Gasteiger partial charge on any atom is -0.366 e. The molecule has 0 bridgehead atoms. The third-order valence-electron chi connectivity index (χ3n) is 4.70. The van der Waals surface area contributed by atoms with E-state index in [1.807, 2.05) is 0 Å². The Morgan fingerprint density at radius 1 is 1.17 bits per heavy atom. The van der Waals surface area contributed by atoms with E-state index in [-0.39, 0.29) is 35.3 Å². The molecule has 4 N–H and O–H groups in total. The molecule has 3 rings (SSSR count). The number of primary amides is 1. The van der Waals surface area contributed by atoms with E-state index in [4.69, 9.17) is 5.73 Å². The molecule has 0 unspecified atom stereocenters. The molecule has 1 aromatic carbocycles. The maximum absolute atomic E-state index is 13.6. The van der Waals surface area contributed by atoms with Crippen LogP contribution in [-0.2, 0) is 22.7 Å². The number of hydrogen-bond acceptors (Lipinski definition) is 9. The highest BCUT2D eigenvalue weighted by Gasteiger charge is 2.35. The Hall–Kier alpha value is -4.01. The fraction of sp³-hybridized carbons (Fsp3) is 0.250. The summed E-state index contributed by atoms with van der Waals surface area (Å²) in [4.78, 5) is 27.1. The summed E-state index contributed by atoms with van der Waals surface area (Å²) in [5, 5.41) is 5.30.